The lowest BCUT2D eigenvalue weighted by atomic mass is 10.4. The molecule has 0 saturated heterocycles. The van der Waals surface area contributed by atoms with E-state index in [0.717, 1.165) is 11.3 Å². The first-order valence-corrected chi connectivity index (χ1v) is 7.59. The van der Waals surface area contributed by atoms with Crippen LogP contribution in [0.3, 0.4) is 0 Å². The van der Waals surface area contributed by atoms with Crippen molar-refractivity contribution in [3.63, 3.8) is 0 Å². The van der Waals surface area contributed by atoms with E-state index in [1.165, 1.54) is 24.5 Å². The number of rotatable bonds is 6. The first-order valence-electron chi connectivity index (χ1n) is 5.27. The normalized spacial score (nSPS) is 11.8. The highest BCUT2D eigenvalue weighted by Gasteiger charge is 2.27. The molecule has 0 fully saturated rings. The fourth-order valence-corrected chi connectivity index (χ4v) is 3.86. The molecule has 0 unspecified atom stereocenters. The third-order valence-electron chi connectivity index (χ3n) is 2.37. The van der Waals surface area contributed by atoms with Gasteiger partial charge in [-0.15, -0.1) is 11.3 Å². The van der Waals surface area contributed by atoms with E-state index >= 15 is 0 Å². The SMILES string of the molecule is COC(=O)c1sccc1S(=O)(=O)N(C)CCCN. The highest BCUT2D eigenvalue weighted by Crippen LogP contribution is 2.25. The standard InChI is InChI=1S/C10H16N2O4S2/c1-12(6-3-5-11)18(14,15)8-4-7-17-9(8)10(13)16-2/h4,7H,3,5-6,11H2,1-2H3. The minimum absolute atomic E-state index is 0.0149. The van der Waals surface area contributed by atoms with Crippen LogP contribution in [0, 0.1) is 0 Å². The van der Waals surface area contributed by atoms with E-state index in [2.05, 4.69) is 4.74 Å². The second kappa shape index (κ2) is 6.28. The molecule has 8 heteroatoms. The zero-order chi connectivity index (χ0) is 13.8. The number of ether oxygens (including phenoxy) is 1. The van der Waals surface area contributed by atoms with E-state index in [4.69, 9.17) is 5.73 Å². The average molecular weight is 292 g/mol. The molecule has 1 rings (SSSR count). The van der Waals surface area contributed by atoms with Gasteiger partial charge in [-0.2, -0.15) is 0 Å². The van der Waals surface area contributed by atoms with Gasteiger partial charge in [-0.1, -0.05) is 0 Å². The molecule has 0 aliphatic rings. The molecule has 0 amide bonds. The van der Waals surface area contributed by atoms with Crippen LogP contribution in [-0.4, -0.2) is 45.9 Å². The number of nitrogens with zero attached hydrogens (tertiary/aromatic N) is 1. The van der Waals surface area contributed by atoms with Gasteiger partial charge in [0, 0.05) is 13.6 Å². The number of sulfonamides is 1. The molecule has 1 aromatic heterocycles. The Hall–Kier alpha value is -0.960. The van der Waals surface area contributed by atoms with Gasteiger partial charge in [0.1, 0.15) is 9.77 Å². The van der Waals surface area contributed by atoms with Crippen LogP contribution in [0.1, 0.15) is 16.1 Å². The van der Waals surface area contributed by atoms with Crippen LogP contribution < -0.4 is 5.73 Å². The topological polar surface area (TPSA) is 89.7 Å². The molecular formula is C10H16N2O4S2. The number of nitrogens with two attached hydrogens (primary N) is 1. The van der Waals surface area contributed by atoms with Gasteiger partial charge in [0.05, 0.1) is 7.11 Å². The molecule has 2 N–H and O–H groups in total. The fourth-order valence-electron chi connectivity index (χ4n) is 1.34. The van der Waals surface area contributed by atoms with Crippen molar-refractivity contribution in [1.29, 1.82) is 0 Å². The summed E-state index contributed by atoms with van der Waals surface area (Å²) in [4.78, 5) is 11.5. The average Bonchev–Trinajstić information content (AvgIpc) is 2.84. The molecule has 0 aliphatic heterocycles. The number of thiophene rings is 1. The summed E-state index contributed by atoms with van der Waals surface area (Å²) in [5.41, 5.74) is 5.34. The van der Waals surface area contributed by atoms with E-state index in [1.54, 1.807) is 5.38 Å². The van der Waals surface area contributed by atoms with E-state index in [9.17, 15) is 13.2 Å². The Kier molecular flexibility index (Phi) is 5.27. The van der Waals surface area contributed by atoms with Crippen molar-refractivity contribution >= 4 is 27.3 Å². The van der Waals surface area contributed by atoms with Gasteiger partial charge in [0.2, 0.25) is 10.0 Å². The van der Waals surface area contributed by atoms with Crippen LogP contribution in [0.5, 0.6) is 0 Å². The summed E-state index contributed by atoms with van der Waals surface area (Å²) in [7, 11) is -0.985. The number of methoxy groups -OCH3 is 1. The lowest BCUT2D eigenvalue weighted by Crippen LogP contribution is -2.29. The number of carbonyl (C=O) groups excluding carboxylic acids is 1. The van der Waals surface area contributed by atoms with Crippen molar-refractivity contribution in [3.05, 3.63) is 16.3 Å². The monoisotopic (exact) mass is 292 g/mol. The third kappa shape index (κ3) is 3.08. The van der Waals surface area contributed by atoms with Crippen LogP contribution in [0.4, 0.5) is 0 Å². The molecule has 18 heavy (non-hydrogen) atoms. The highest BCUT2D eigenvalue weighted by molar-refractivity contribution is 7.89. The number of esters is 1. The van der Waals surface area contributed by atoms with Gasteiger partial charge in [0.15, 0.2) is 0 Å². The van der Waals surface area contributed by atoms with Crippen molar-refractivity contribution < 1.29 is 17.9 Å². The lowest BCUT2D eigenvalue weighted by molar-refractivity contribution is 0.0602. The summed E-state index contributed by atoms with van der Waals surface area (Å²) in [6, 6.07) is 1.41. The summed E-state index contributed by atoms with van der Waals surface area (Å²) < 4.78 is 30.2. The number of hydrogen-bond acceptors (Lipinski definition) is 6. The summed E-state index contributed by atoms with van der Waals surface area (Å²) in [6.45, 7) is 0.725. The Labute approximate surface area is 110 Å². The fraction of sp³-hybridized carbons (Fsp3) is 0.500. The maximum atomic E-state index is 12.2. The molecule has 1 aromatic rings. The minimum atomic E-state index is -3.67. The summed E-state index contributed by atoms with van der Waals surface area (Å²) in [6.07, 6.45) is 0.563. The molecular weight excluding hydrogens is 276 g/mol. The number of hydrogen-bond donors (Lipinski definition) is 1. The molecule has 0 radical (unpaired) electrons. The zero-order valence-corrected chi connectivity index (χ0v) is 11.9. The smallest absolute Gasteiger partial charge is 0.349 e. The van der Waals surface area contributed by atoms with E-state index < -0.39 is 16.0 Å². The highest BCUT2D eigenvalue weighted by atomic mass is 32.2. The quantitative estimate of drug-likeness (QED) is 0.771. The van der Waals surface area contributed by atoms with Crippen LogP contribution in [0.2, 0.25) is 0 Å². The Balaban J connectivity index is 3.05. The van der Waals surface area contributed by atoms with Crippen LogP contribution in [-0.2, 0) is 14.8 Å². The predicted molar refractivity (Wildman–Crippen MR) is 69.1 cm³/mol. The van der Waals surface area contributed by atoms with Crippen LogP contribution in [0.15, 0.2) is 16.3 Å². The first-order chi connectivity index (χ1) is 8.45. The molecule has 1 heterocycles. The van der Waals surface area contributed by atoms with Crippen molar-refractivity contribution in [1.82, 2.24) is 4.31 Å². The summed E-state index contributed by atoms with van der Waals surface area (Å²) in [5.74, 6) is -0.643. The third-order valence-corrected chi connectivity index (χ3v) is 5.29. The van der Waals surface area contributed by atoms with Crippen molar-refractivity contribution in [3.8, 4) is 0 Å². The Morgan fingerprint density at radius 3 is 2.78 bits per heavy atom. The molecule has 0 aromatic carbocycles. The van der Waals surface area contributed by atoms with Crippen molar-refractivity contribution in [2.75, 3.05) is 27.2 Å². The Morgan fingerprint density at radius 2 is 2.22 bits per heavy atom. The zero-order valence-electron chi connectivity index (χ0n) is 10.3. The minimum Gasteiger partial charge on any atom is -0.465 e. The molecule has 0 aliphatic carbocycles. The van der Waals surface area contributed by atoms with Gasteiger partial charge in [-0.3, -0.25) is 0 Å². The second-order valence-corrected chi connectivity index (χ2v) is 6.50. The molecule has 6 nitrogen and oxygen atoms in total. The van der Waals surface area contributed by atoms with Crippen LogP contribution in [0.25, 0.3) is 0 Å². The van der Waals surface area contributed by atoms with Gasteiger partial charge in [-0.25, -0.2) is 17.5 Å². The summed E-state index contributed by atoms with van der Waals surface area (Å²) in [5, 5.41) is 1.55. The largest absolute Gasteiger partial charge is 0.465 e. The van der Waals surface area contributed by atoms with E-state index in [0.29, 0.717) is 19.5 Å². The Morgan fingerprint density at radius 1 is 1.56 bits per heavy atom. The van der Waals surface area contributed by atoms with Gasteiger partial charge in [0.25, 0.3) is 0 Å². The first kappa shape index (κ1) is 15.1. The molecule has 0 bridgehead atoms. The lowest BCUT2D eigenvalue weighted by Gasteiger charge is -2.16. The van der Waals surface area contributed by atoms with Crippen LogP contribution >= 0.6 is 11.3 Å². The van der Waals surface area contributed by atoms with Crippen molar-refractivity contribution in [2.24, 2.45) is 5.73 Å². The van der Waals surface area contributed by atoms with Gasteiger partial charge >= 0.3 is 5.97 Å². The van der Waals surface area contributed by atoms with Gasteiger partial charge < -0.3 is 10.5 Å². The maximum Gasteiger partial charge on any atom is 0.349 e. The molecule has 0 atom stereocenters. The summed E-state index contributed by atoms with van der Waals surface area (Å²) >= 11 is 1.05. The van der Waals surface area contributed by atoms with Crippen molar-refractivity contribution in [2.45, 2.75) is 11.3 Å². The molecule has 0 spiro atoms. The van der Waals surface area contributed by atoms with E-state index in [1.807, 2.05) is 0 Å². The van der Waals surface area contributed by atoms with E-state index in [-0.39, 0.29) is 9.77 Å². The molecule has 102 valence electrons. The second-order valence-electron chi connectivity index (χ2n) is 3.57. The predicted octanol–water partition coefficient (Wildman–Crippen LogP) is 0.504. The van der Waals surface area contributed by atoms with Gasteiger partial charge in [-0.05, 0) is 24.4 Å². The number of carbonyl (C=O) groups is 1. The Bertz CT molecular complexity index is 510. The molecule has 0 saturated carbocycles. The maximum absolute atomic E-state index is 12.2.